The maximum atomic E-state index is 8.90. The molecule has 0 saturated carbocycles. The molecule has 1 fully saturated rings. The van der Waals surface area contributed by atoms with Gasteiger partial charge < -0.3 is 14.6 Å². The van der Waals surface area contributed by atoms with Crippen LogP contribution in [0.25, 0.3) is 0 Å². The quantitative estimate of drug-likeness (QED) is 0.751. The molecule has 1 N–H and O–H groups in total. The third kappa shape index (κ3) is 4.26. The highest BCUT2D eigenvalue weighted by Crippen LogP contribution is 2.37. The molecule has 3 nitrogen and oxygen atoms in total. The summed E-state index contributed by atoms with van der Waals surface area (Å²) in [6, 6.07) is 0. The first-order chi connectivity index (χ1) is 7.93. The molecule has 1 aliphatic rings. The van der Waals surface area contributed by atoms with E-state index in [2.05, 4.69) is 6.58 Å². The fourth-order valence-corrected chi connectivity index (χ4v) is 2.15. The first-order valence-electron chi connectivity index (χ1n) is 6.08. The Morgan fingerprint density at radius 1 is 1.35 bits per heavy atom. The van der Waals surface area contributed by atoms with Crippen LogP contribution in [0.4, 0.5) is 0 Å². The number of aliphatic hydroxyl groups excluding tert-OH is 1. The van der Waals surface area contributed by atoms with Crippen LogP contribution in [0.5, 0.6) is 0 Å². The minimum atomic E-state index is -0.487. The highest BCUT2D eigenvalue weighted by Gasteiger charge is 2.39. The zero-order chi connectivity index (χ0) is 12.9. The predicted molar refractivity (Wildman–Crippen MR) is 68.7 cm³/mol. The van der Waals surface area contributed by atoms with Crippen molar-refractivity contribution in [3.8, 4) is 0 Å². The molecule has 0 amide bonds. The molecule has 1 rings (SSSR count). The Balaban J connectivity index is 2.71. The van der Waals surface area contributed by atoms with Gasteiger partial charge in [0, 0.05) is 5.41 Å². The summed E-state index contributed by atoms with van der Waals surface area (Å²) in [4.78, 5) is 0. The van der Waals surface area contributed by atoms with Crippen molar-refractivity contribution in [2.24, 2.45) is 5.41 Å². The van der Waals surface area contributed by atoms with Crippen molar-refractivity contribution >= 4 is 0 Å². The SMILES string of the molecule is C=CCC1(C/C(C)=C/CO)COC(C)(C)OC1. The van der Waals surface area contributed by atoms with E-state index >= 15 is 0 Å². The minimum absolute atomic E-state index is 0.0347. The third-order valence-electron chi connectivity index (χ3n) is 3.12. The van der Waals surface area contributed by atoms with Crippen molar-refractivity contribution in [1.82, 2.24) is 0 Å². The van der Waals surface area contributed by atoms with Crippen molar-refractivity contribution in [3.05, 3.63) is 24.3 Å². The molecular formula is C14H24O3. The molecule has 0 aromatic carbocycles. The van der Waals surface area contributed by atoms with Gasteiger partial charge in [-0.05, 0) is 33.6 Å². The monoisotopic (exact) mass is 240 g/mol. The van der Waals surface area contributed by atoms with Gasteiger partial charge in [0.15, 0.2) is 5.79 Å². The van der Waals surface area contributed by atoms with E-state index in [1.165, 1.54) is 5.57 Å². The van der Waals surface area contributed by atoms with Crippen LogP contribution in [0.3, 0.4) is 0 Å². The highest BCUT2D eigenvalue weighted by molar-refractivity contribution is 5.05. The van der Waals surface area contributed by atoms with Gasteiger partial charge in [-0.25, -0.2) is 0 Å². The minimum Gasteiger partial charge on any atom is -0.392 e. The standard InChI is InChI=1S/C14H24O3/c1-5-7-14(9-12(2)6-8-15)10-16-13(3,4)17-11-14/h5-6,15H,1,7-11H2,2-4H3/b12-6+. The molecule has 0 radical (unpaired) electrons. The molecule has 0 aromatic heterocycles. The Labute approximate surface area is 104 Å². The van der Waals surface area contributed by atoms with Gasteiger partial charge in [0.25, 0.3) is 0 Å². The summed E-state index contributed by atoms with van der Waals surface area (Å²) in [5.41, 5.74) is 1.13. The molecule has 0 spiro atoms. The van der Waals surface area contributed by atoms with E-state index in [0.717, 1.165) is 12.8 Å². The molecule has 1 aliphatic heterocycles. The van der Waals surface area contributed by atoms with Crippen molar-refractivity contribution in [3.63, 3.8) is 0 Å². The third-order valence-corrected chi connectivity index (χ3v) is 3.12. The van der Waals surface area contributed by atoms with Gasteiger partial charge in [-0.15, -0.1) is 6.58 Å². The average molecular weight is 240 g/mol. The Morgan fingerprint density at radius 3 is 2.41 bits per heavy atom. The Morgan fingerprint density at radius 2 is 1.94 bits per heavy atom. The largest absolute Gasteiger partial charge is 0.392 e. The molecule has 3 heteroatoms. The summed E-state index contributed by atoms with van der Waals surface area (Å²) in [6.45, 7) is 11.1. The van der Waals surface area contributed by atoms with Crippen LogP contribution in [0.15, 0.2) is 24.3 Å². The van der Waals surface area contributed by atoms with Gasteiger partial charge in [0.05, 0.1) is 19.8 Å². The van der Waals surface area contributed by atoms with Crippen molar-refractivity contribution in [2.75, 3.05) is 19.8 Å². The summed E-state index contributed by atoms with van der Waals surface area (Å²) < 4.78 is 11.5. The lowest BCUT2D eigenvalue weighted by molar-refractivity contribution is -0.284. The van der Waals surface area contributed by atoms with Gasteiger partial charge in [0.2, 0.25) is 0 Å². The molecule has 1 saturated heterocycles. The smallest absolute Gasteiger partial charge is 0.162 e. The number of ether oxygens (including phenoxy) is 2. The fraction of sp³-hybridized carbons (Fsp3) is 0.714. The number of aliphatic hydroxyl groups is 1. The molecule has 0 atom stereocenters. The first kappa shape index (κ1) is 14.4. The summed E-state index contributed by atoms with van der Waals surface area (Å²) in [7, 11) is 0. The van der Waals surface area contributed by atoms with Crippen LogP contribution in [0.2, 0.25) is 0 Å². The van der Waals surface area contributed by atoms with Crippen LogP contribution >= 0.6 is 0 Å². The van der Waals surface area contributed by atoms with Gasteiger partial charge in [-0.2, -0.15) is 0 Å². The van der Waals surface area contributed by atoms with Crippen molar-refractivity contribution < 1.29 is 14.6 Å². The fourth-order valence-electron chi connectivity index (χ4n) is 2.15. The normalized spacial score (nSPS) is 23.4. The van der Waals surface area contributed by atoms with Crippen LogP contribution in [0, 0.1) is 5.41 Å². The molecule has 0 aliphatic carbocycles. The van der Waals surface area contributed by atoms with Crippen LogP contribution in [0.1, 0.15) is 33.6 Å². The van der Waals surface area contributed by atoms with Crippen LogP contribution in [-0.4, -0.2) is 30.7 Å². The summed E-state index contributed by atoms with van der Waals surface area (Å²) in [5.74, 6) is -0.487. The second kappa shape index (κ2) is 5.80. The maximum absolute atomic E-state index is 8.90. The van der Waals surface area contributed by atoms with E-state index in [-0.39, 0.29) is 12.0 Å². The van der Waals surface area contributed by atoms with E-state index < -0.39 is 5.79 Å². The van der Waals surface area contributed by atoms with Crippen molar-refractivity contribution in [2.45, 2.75) is 39.4 Å². The number of rotatable bonds is 5. The van der Waals surface area contributed by atoms with E-state index in [1.807, 2.05) is 32.9 Å². The predicted octanol–water partition coefficient (Wildman–Crippen LogP) is 2.66. The summed E-state index contributed by atoms with van der Waals surface area (Å²) in [5, 5.41) is 8.90. The van der Waals surface area contributed by atoms with E-state index in [4.69, 9.17) is 14.6 Å². The molecule has 0 bridgehead atoms. The first-order valence-corrected chi connectivity index (χ1v) is 6.08. The van der Waals surface area contributed by atoms with Gasteiger partial charge in [-0.3, -0.25) is 0 Å². The maximum Gasteiger partial charge on any atom is 0.162 e. The topological polar surface area (TPSA) is 38.7 Å². The molecule has 17 heavy (non-hydrogen) atoms. The van der Waals surface area contributed by atoms with Gasteiger partial charge in [0.1, 0.15) is 0 Å². The summed E-state index contributed by atoms with van der Waals surface area (Å²) >= 11 is 0. The molecule has 0 aromatic rings. The lowest BCUT2D eigenvalue weighted by Gasteiger charge is -2.43. The zero-order valence-corrected chi connectivity index (χ0v) is 11.2. The van der Waals surface area contributed by atoms with E-state index in [1.54, 1.807) is 0 Å². The Kier molecular flexibility index (Phi) is 4.92. The molecule has 98 valence electrons. The van der Waals surface area contributed by atoms with E-state index in [9.17, 15) is 0 Å². The summed E-state index contributed by atoms with van der Waals surface area (Å²) in [6.07, 6.45) is 5.48. The van der Waals surface area contributed by atoms with Crippen LogP contribution < -0.4 is 0 Å². The van der Waals surface area contributed by atoms with Gasteiger partial charge in [-0.1, -0.05) is 17.7 Å². The van der Waals surface area contributed by atoms with Crippen molar-refractivity contribution in [1.29, 1.82) is 0 Å². The second-order valence-corrected chi connectivity index (χ2v) is 5.38. The molecule has 1 heterocycles. The lowest BCUT2D eigenvalue weighted by Crippen LogP contribution is -2.46. The van der Waals surface area contributed by atoms with Crippen LogP contribution in [-0.2, 0) is 9.47 Å². The number of allylic oxidation sites excluding steroid dienone is 2. The molecule has 0 unspecified atom stereocenters. The molecular weight excluding hydrogens is 216 g/mol. The zero-order valence-electron chi connectivity index (χ0n) is 11.2. The highest BCUT2D eigenvalue weighted by atomic mass is 16.7. The number of hydrogen-bond acceptors (Lipinski definition) is 3. The Hall–Kier alpha value is -0.640. The van der Waals surface area contributed by atoms with E-state index in [0.29, 0.717) is 13.2 Å². The Bertz CT molecular complexity index is 282. The number of hydrogen-bond donors (Lipinski definition) is 1. The lowest BCUT2D eigenvalue weighted by atomic mass is 9.79. The second-order valence-electron chi connectivity index (χ2n) is 5.38. The average Bonchev–Trinajstić information content (AvgIpc) is 2.24. The van der Waals surface area contributed by atoms with Gasteiger partial charge >= 0.3 is 0 Å².